The van der Waals surface area contributed by atoms with Gasteiger partial charge in [-0.2, -0.15) is 0 Å². The number of aryl methyl sites for hydroxylation is 4. The highest BCUT2D eigenvalue weighted by molar-refractivity contribution is 7.13. The van der Waals surface area contributed by atoms with Crippen molar-refractivity contribution in [1.82, 2.24) is 24.4 Å². The summed E-state index contributed by atoms with van der Waals surface area (Å²) in [5, 5.41) is 14.6. The van der Waals surface area contributed by atoms with Crippen LogP contribution in [0.25, 0.3) is 5.57 Å². The van der Waals surface area contributed by atoms with Crippen LogP contribution >= 0.6 is 22.9 Å². The van der Waals surface area contributed by atoms with Crippen molar-refractivity contribution in [2.75, 3.05) is 62.2 Å². The van der Waals surface area contributed by atoms with Crippen molar-refractivity contribution in [2.45, 2.75) is 90.9 Å². The number of fused-ring (bicyclic) bond motifs is 4. The number of ether oxygens (including phenoxy) is 1. The molecule has 0 bridgehead atoms. The van der Waals surface area contributed by atoms with E-state index in [4.69, 9.17) is 26.3 Å². The average molecular weight is 988 g/mol. The number of Topliss-reactive ketones (excluding diaryl/α,β-unsaturated/α-hetero) is 1. The Labute approximate surface area is 422 Å². The fourth-order valence-corrected chi connectivity index (χ4v) is 13.3. The monoisotopic (exact) mass is 986 g/mol. The van der Waals surface area contributed by atoms with Crippen LogP contribution in [0.2, 0.25) is 5.02 Å². The minimum Gasteiger partial charge on any atom is -0.478 e. The van der Waals surface area contributed by atoms with E-state index in [2.05, 4.69) is 31.5 Å². The molecule has 8 heterocycles. The van der Waals surface area contributed by atoms with Gasteiger partial charge >= 0.3 is 5.97 Å². The largest absolute Gasteiger partial charge is 0.478 e. The van der Waals surface area contributed by atoms with Gasteiger partial charge in [0.05, 0.1) is 26.7 Å². The molecule has 6 aliphatic rings. The van der Waals surface area contributed by atoms with Gasteiger partial charge in [-0.05, 0) is 124 Å². The smallest absolute Gasteiger partial charge is 0.336 e. The number of carboxylic acids is 1. The standard InChI is InChI=1S/C57H56ClN7O5S/c1-33-10-7-15-46(58)42(33)31-47(66)48-32-59-50(71-48)30-38-29-49(61-34(2)60-38)62-22-24-65(25-23-62)56(67)37-16-17-39(57(68)69)43(28-37)51-44-26-35-11-3-5-18-63-20-8-13-40(52(35)63)54(44)70-55-41-14-9-21-64-19-6-4-12-36(53(41)64)27-45(51)55/h7,10,15-17,26-29,32H,3-6,8-9,11-14,18-25,30-31H2,1-2H3/p+1. The van der Waals surface area contributed by atoms with Crippen molar-refractivity contribution >= 4 is 57.7 Å². The van der Waals surface area contributed by atoms with E-state index >= 15 is 0 Å². The Kier molecular flexibility index (Phi) is 12.0. The van der Waals surface area contributed by atoms with Gasteiger partial charge in [0.15, 0.2) is 5.78 Å². The number of aromatic carboxylic acids is 1. The molecule has 0 aliphatic carbocycles. The highest BCUT2D eigenvalue weighted by Crippen LogP contribution is 2.49. The zero-order chi connectivity index (χ0) is 48.5. The Bertz CT molecular complexity index is 3340. The lowest BCUT2D eigenvalue weighted by atomic mass is 9.82. The Hall–Kier alpha value is -6.44. The Morgan fingerprint density at radius 1 is 0.789 bits per heavy atom. The lowest BCUT2D eigenvalue weighted by Gasteiger charge is -2.36. The molecule has 4 aromatic carbocycles. The third kappa shape index (κ3) is 8.38. The van der Waals surface area contributed by atoms with Gasteiger partial charge in [0.2, 0.25) is 5.36 Å². The Balaban J connectivity index is 0.853. The zero-order valence-corrected chi connectivity index (χ0v) is 42.0. The molecule has 71 heavy (non-hydrogen) atoms. The minimum atomic E-state index is -1.02. The summed E-state index contributed by atoms with van der Waals surface area (Å²) < 4.78 is 9.88. The molecule has 14 heteroatoms. The van der Waals surface area contributed by atoms with E-state index in [1.807, 2.05) is 49.1 Å². The molecular formula is C57H57ClN7O5S+. The molecule has 0 saturated carbocycles. The van der Waals surface area contributed by atoms with Crippen molar-refractivity contribution in [3.05, 3.63) is 153 Å². The summed E-state index contributed by atoms with van der Waals surface area (Å²) >= 11 is 7.81. The van der Waals surface area contributed by atoms with Crippen LogP contribution in [0.15, 0.2) is 60.8 Å². The first-order valence-corrected chi connectivity index (χ1v) is 26.7. The van der Waals surface area contributed by atoms with E-state index in [1.165, 1.54) is 44.6 Å². The number of amides is 1. The maximum atomic E-state index is 14.7. The fourth-order valence-electron chi connectivity index (χ4n) is 12.2. The predicted octanol–water partition coefficient (Wildman–Crippen LogP) is 8.10. The van der Waals surface area contributed by atoms with Crippen LogP contribution < -0.4 is 29.7 Å². The normalized spacial score (nSPS) is 17.1. The molecule has 362 valence electrons. The summed E-state index contributed by atoms with van der Waals surface area (Å²) in [6.07, 6.45) is 12.6. The maximum absolute atomic E-state index is 14.7. The highest BCUT2D eigenvalue weighted by Gasteiger charge is 2.37. The number of ketones is 1. The van der Waals surface area contributed by atoms with E-state index in [-0.39, 0.29) is 23.7 Å². The molecule has 0 unspecified atom stereocenters. The second-order valence-corrected chi connectivity index (χ2v) is 21.6. The lowest BCUT2D eigenvalue weighted by Crippen LogP contribution is -2.49. The van der Waals surface area contributed by atoms with Crippen molar-refractivity contribution in [1.29, 1.82) is 0 Å². The molecule has 2 aromatic heterocycles. The van der Waals surface area contributed by atoms with Gasteiger partial charge in [0, 0.05) is 121 Å². The first-order valence-electron chi connectivity index (χ1n) is 25.5. The predicted molar refractivity (Wildman–Crippen MR) is 277 cm³/mol. The number of carbonyl (C=O) groups excluding carboxylic acids is 2. The number of piperazine rings is 1. The third-order valence-electron chi connectivity index (χ3n) is 15.6. The van der Waals surface area contributed by atoms with Crippen LogP contribution in [0, 0.1) is 13.8 Å². The van der Waals surface area contributed by atoms with Gasteiger partial charge in [-0.3, -0.25) is 9.59 Å². The van der Waals surface area contributed by atoms with Crippen LogP contribution in [0.5, 0.6) is 11.5 Å². The summed E-state index contributed by atoms with van der Waals surface area (Å²) in [6, 6.07) is 17.4. The van der Waals surface area contributed by atoms with Crippen molar-refractivity contribution in [3.8, 4) is 11.5 Å². The van der Waals surface area contributed by atoms with Gasteiger partial charge in [0.25, 0.3) is 5.91 Å². The molecule has 6 aromatic rings. The van der Waals surface area contributed by atoms with Crippen molar-refractivity contribution < 1.29 is 24.2 Å². The highest BCUT2D eigenvalue weighted by atomic mass is 35.5. The van der Waals surface area contributed by atoms with Gasteiger partial charge < -0.3 is 24.5 Å². The maximum Gasteiger partial charge on any atom is 0.336 e. The molecule has 12 nitrogen and oxygen atoms in total. The lowest BCUT2D eigenvalue weighted by molar-refractivity contribution is 0.0693. The molecule has 1 N–H and O–H groups in total. The molecule has 12 rings (SSSR count). The summed E-state index contributed by atoms with van der Waals surface area (Å²) in [4.78, 5) is 62.8. The van der Waals surface area contributed by atoms with Gasteiger partial charge in [-0.25, -0.2) is 24.3 Å². The molecule has 0 radical (unpaired) electrons. The second kappa shape index (κ2) is 18.6. The van der Waals surface area contributed by atoms with Crippen LogP contribution in [-0.2, 0) is 38.5 Å². The van der Waals surface area contributed by atoms with E-state index in [1.54, 1.807) is 18.3 Å². The summed E-state index contributed by atoms with van der Waals surface area (Å²) in [5.41, 5.74) is 12.0. The summed E-state index contributed by atoms with van der Waals surface area (Å²) in [7, 11) is 0. The van der Waals surface area contributed by atoms with Crippen molar-refractivity contribution in [2.24, 2.45) is 0 Å². The van der Waals surface area contributed by atoms with Crippen LogP contribution in [0.4, 0.5) is 11.5 Å². The number of aromatic nitrogens is 3. The first kappa shape index (κ1) is 45.7. The second-order valence-electron chi connectivity index (χ2n) is 20.1. The number of carbonyl (C=O) groups is 3. The van der Waals surface area contributed by atoms with E-state index in [9.17, 15) is 19.5 Å². The quantitative estimate of drug-likeness (QED) is 0.112. The number of benzene rings is 4. The van der Waals surface area contributed by atoms with Crippen molar-refractivity contribution in [3.63, 3.8) is 0 Å². The molecule has 0 spiro atoms. The zero-order valence-electron chi connectivity index (χ0n) is 40.4. The van der Waals surface area contributed by atoms with Gasteiger partial charge in [-0.15, -0.1) is 11.3 Å². The molecule has 6 aliphatic heterocycles. The number of rotatable bonds is 9. The van der Waals surface area contributed by atoms with Gasteiger partial charge in [0.1, 0.15) is 36.2 Å². The van der Waals surface area contributed by atoms with Crippen LogP contribution in [0.3, 0.4) is 0 Å². The molecule has 0 atom stereocenters. The number of thiazole rings is 1. The number of hydrogen-bond donors (Lipinski definition) is 1. The SMILES string of the molecule is Cc1nc(Cc2ncc(C(=O)Cc3c(C)cccc3Cl)s2)cc(N2CCN(C(=O)c3ccc(C(=O)O)c(C4=c5cc6c7c(c5Oc5c4cc4c8c5CCCN8CCCC4)CCC[N+]=7CCCC6)c3)CC2)n1. The van der Waals surface area contributed by atoms with E-state index < -0.39 is 5.97 Å². The van der Waals surface area contributed by atoms with Crippen LogP contribution in [-0.4, -0.2) is 95.0 Å². The fraction of sp³-hybridized carbons (Fsp3) is 0.386. The number of hydrogen-bond acceptors (Lipinski definition) is 10. The van der Waals surface area contributed by atoms with Gasteiger partial charge in [-0.1, -0.05) is 23.7 Å². The molecule has 1 saturated heterocycles. The number of nitrogens with zero attached hydrogens (tertiary/aromatic N) is 7. The Morgan fingerprint density at radius 2 is 1.59 bits per heavy atom. The third-order valence-corrected chi connectivity index (χ3v) is 17.0. The molecule has 1 fully saturated rings. The van der Waals surface area contributed by atoms with E-state index in [0.717, 1.165) is 146 Å². The van der Waals surface area contributed by atoms with E-state index in [0.29, 0.717) is 59.5 Å². The minimum absolute atomic E-state index is 0.0205. The summed E-state index contributed by atoms with van der Waals surface area (Å²) in [5.74, 6) is 1.96. The number of anilines is 2. The molecular weight excluding hydrogens is 930 g/mol. The number of halogens is 1. The number of carboxylic acid groups (broad SMARTS) is 1. The first-order chi connectivity index (χ1) is 34.6. The van der Waals surface area contributed by atoms with Crippen LogP contribution in [0.1, 0.15) is 130 Å². The summed E-state index contributed by atoms with van der Waals surface area (Å²) in [6.45, 7) is 10.0. The average Bonchev–Trinajstić information content (AvgIpc) is 3.61. The Morgan fingerprint density at radius 3 is 2.44 bits per heavy atom. The molecule has 1 amide bonds. The topological polar surface area (TPSA) is 132 Å².